The molecule has 0 radical (unpaired) electrons. The third-order valence-corrected chi connectivity index (χ3v) is 4.03. The lowest BCUT2D eigenvalue weighted by atomic mass is 10.2. The Labute approximate surface area is 171 Å². The molecular weight excluding hydrogens is 449 g/mol. The van der Waals surface area contributed by atoms with Crippen LogP contribution < -0.4 is 15.4 Å². The summed E-state index contributed by atoms with van der Waals surface area (Å²) in [5.74, 6) is 3.70. The third-order valence-electron chi connectivity index (χ3n) is 3.42. The zero-order chi connectivity index (χ0) is 17.0. The van der Waals surface area contributed by atoms with E-state index in [4.69, 9.17) is 9.15 Å². The molecule has 2 aromatic rings. The van der Waals surface area contributed by atoms with E-state index < -0.39 is 0 Å². The van der Waals surface area contributed by atoms with Crippen molar-refractivity contribution in [1.29, 1.82) is 0 Å². The van der Waals surface area contributed by atoms with Crippen molar-refractivity contribution in [3.8, 4) is 5.75 Å². The van der Waals surface area contributed by atoms with Crippen molar-refractivity contribution in [3.63, 3.8) is 0 Å². The monoisotopic (exact) mass is 475 g/mol. The zero-order valence-electron chi connectivity index (χ0n) is 14.7. The number of furan rings is 1. The molecular formula is C18H26IN3O2S. The van der Waals surface area contributed by atoms with Gasteiger partial charge in [0.2, 0.25) is 0 Å². The molecule has 0 unspecified atom stereocenters. The molecule has 138 valence electrons. The van der Waals surface area contributed by atoms with Gasteiger partial charge in [0.25, 0.3) is 0 Å². The lowest BCUT2D eigenvalue weighted by Gasteiger charge is -2.12. The Kier molecular flexibility index (Phi) is 11.2. The Bertz CT molecular complexity index is 603. The number of methoxy groups -OCH3 is 1. The lowest BCUT2D eigenvalue weighted by molar-refractivity contribution is 0.414. The first-order valence-electron chi connectivity index (χ1n) is 7.98. The molecule has 1 aromatic carbocycles. The van der Waals surface area contributed by atoms with E-state index in [1.165, 1.54) is 0 Å². The van der Waals surface area contributed by atoms with E-state index >= 15 is 0 Å². The number of aliphatic imine (C=N–C) groups is 1. The molecule has 2 rings (SSSR count). The first-order valence-corrected chi connectivity index (χ1v) is 9.37. The van der Waals surface area contributed by atoms with Crippen LogP contribution in [0.15, 0.2) is 52.1 Å². The van der Waals surface area contributed by atoms with Crippen LogP contribution in [0.2, 0.25) is 0 Å². The minimum absolute atomic E-state index is 0. The Morgan fingerprint density at radius 2 is 1.92 bits per heavy atom. The summed E-state index contributed by atoms with van der Waals surface area (Å²) in [4.78, 5) is 4.65. The Morgan fingerprint density at radius 1 is 1.16 bits per heavy atom. The van der Waals surface area contributed by atoms with Gasteiger partial charge in [-0.1, -0.05) is 12.1 Å². The van der Waals surface area contributed by atoms with E-state index in [1.807, 2.05) is 48.2 Å². The first-order chi connectivity index (χ1) is 11.8. The van der Waals surface area contributed by atoms with Crippen LogP contribution in [0.3, 0.4) is 0 Å². The fourth-order valence-electron chi connectivity index (χ4n) is 2.11. The molecule has 25 heavy (non-hydrogen) atoms. The summed E-state index contributed by atoms with van der Waals surface area (Å²) < 4.78 is 10.5. The standard InChI is InChI=1S/C18H25N3O2S.HI/c1-22-16-7-5-15(6-8-16)14-21-18(20-11-13-24-2)19-10-9-17-4-3-12-23-17;/h3-8,12H,9-11,13-14H2,1-2H3,(H2,19,20,21);1H. The number of guanidine groups is 1. The highest BCUT2D eigenvalue weighted by atomic mass is 127. The SMILES string of the molecule is COc1ccc(CN=C(NCCSC)NCCc2ccco2)cc1.I. The van der Waals surface area contributed by atoms with Crippen LogP contribution in [-0.2, 0) is 13.0 Å². The molecule has 0 fully saturated rings. The Morgan fingerprint density at radius 3 is 2.56 bits per heavy atom. The number of ether oxygens (including phenoxy) is 1. The summed E-state index contributed by atoms with van der Waals surface area (Å²) in [6, 6.07) is 11.9. The van der Waals surface area contributed by atoms with Crippen LogP contribution in [0.25, 0.3) is 0 Å². The molecule has 0 saturated heterocycles. The highest BCUT2D eigenvalue weighted by Gasteiger charge is 2.01. The van der Waals surface area contributed by atoms with E-state index in [0.717, 1.165) is 48.3 Å². The second kappa shape index (κ2) is 12.9. The maximum Gasteiger partial charge on any atom is 0.191 e. The molecule has 1 heterocycles. The number of thioether (sulfide) groups is 1. The van der Waals surface area contributed by atoms with Gasteiger partial charge in [-0.3, -0.25) is 0 Å². The molecule has 5 nitrogen and oxygen atoms in total. The van der Waals surface area contributed by atoms with Gasteiger partial charge in [0.05, 0.1) is 19.9 Å². The number of benzene rings is 1. The van der Waals surface area contributed by atoms with Gasteiger partial charge in [-0.25, -0.2) is 4.99 Å². The van der Waals surface area contributed by atoms with Gasteiger partial charge in [0, 0.05) is 25.3 Å². The second-order valence-corrected chi connectivity index (χ2v) is 6.17. The molecule has 0 atom stereocenters. The lowest BCUT2D eigenvalue weighted by Crippen LogP contribution is -2.39. The predicted molar refractivity (Wildman–Crippen MR) is 116 cm³/mol. The minimum Gasteiger partial charge on any atom is -0.497 e. The van der Waals surface area contributed by atoms with E-state index in [-0.39, 0.29) is 24.0 Å². The average Bonchev–Trinajstić information content (AvgIpc) is 3.13. The summed E-state index contributed by atoms with van der Waals surface area (Å²) in [7, 11) is 1.67. The van der Waals surface area contributed by atoms with Crippen molar-refractivity contribution < 1.29 is 9.15 Å². The third kappa shape index (κ3) is 8.53. The number of nitrogens with one attached hydrogen (secondary N) is 2. The van der Waals surface area contributed by atoms with Crippen LogP contribution in [0.4, 0.5) is 0 Å². The van der Waals surface area contributed by atoms with E-state index in [1.54, 1.807) is 13.4 Å². The van der Waals surface area contributed by atoms with Crippen molar-refractivity contribution in [2.75, 3.05) is 32.2 Å². The highest BCUT2D eigenvalue weighted by Crippen LogP contribution is 2.11. The maximum absolute atomic E-state index is 5.35. The van der Waals surface area contributed by atoms with Gasteiger partial charge >= 0.3 is 0 Å². The van der Waals surface area contributed by atoms with Gasteiger partial charge in [0.1, 0.15) is 11.5 Å². The summed E-state index contributed by atoms with van der Waals surface area (Å²) in [6.07, 6.45) is 4.63. The van der Waals surface area contributed by atoms with Crippen LogP contribution in [0.1, 0.15) is 11.3 Å². The first kappa shape index (κ1) is 21.7. The molecule has 0 aliphatic carbocycles. The number of nitrogens with zero attached hydrogens (tertiary/aromatic N) is 1. The largest absolute Gasteiger partial charge is 0.497 e. The van der Waals surface area contributed by atoms with Crippen molar-refractivity contribution >= 4 is 41.7 Å². The summed E-state index contributed by atoms with van der Waals surface area (Å²) >= 11 is 1.81. The highest BCUT2D eigenvalue weighted by molar-refractivity contribution is 14.0. The topological polar surface area (TPSA) is 58.8 Å². The summed E-state index contributed by atoms with van der Waals surface area (Å²) in [6.45, 7) is 2.29. The van der Waals surface area contributed by atoms with Crippen LogP contribution in [0, 0.1) is 0 Å². The van der Waals surface area contributed by atoms with Gasteiger partial charge in [-0.2, -0.15) is 11.8 Å². The van der Waals surface area contributed by atoms with Crippen LogP contribution >= 0.6 is 35.7 Å². The number of rotatable bonds is 9. The molecule has 7 heteroatoms. The maximum atomic E-state index is 5.35. The van der Waals surface area contributed by atoms with Crippen LogP contribution in [0.5, 0.6) is 5.75 Å². The van der Waals surface area contributed by atoms with Gasteiger partial charge in [-0.15, -0.1) is 24.0 Å². The Balaban J connectivity index is 0.00000312. The molecule has 0 amide bonds. The number of halogens is 1. The normalized spacial score (nSPS) is 10.9. The van der Waals surface area contributed by atoms with E-state index in [0.29, 0.717) is 6.54 Å². The number of hydrogen-bond donors (Lipinski definition) is 2. The fourth-order valence-corrected chi connectivity index (χ4v) is 2.41. The second-order valence-electron chi connectivity index (χ2n) is 5.19. The quantitative estimate of drug-likeness (QED) is 0.252. The molecule has 0 aliphatic rings. The van der Waals surface area contributed by atoms with Gasteiger partial charge in [-0.05, 0) is 36.1 Å². The number of hydrogen-bond acceptors (Lipinski definition) is 4. The fraction of sp³-hybridized carbons (Fsp3) is 0.389. The van der Waals surface area contributed by atoms with Crippen molar-refractivity contribution in [2.45, 2.75) is 13.0 Å². The minimum atomic E-state index is 0. The molecule has 0 bridgehead atoms. The molecule has 1 aromatic heterocycles. The zero-order valence-corrected chi connectivity index (χ0v) is 17.8. The van der Waals surface area contributed by atoms with Crippen molar-refractivity contribution in [3.05, 3.63) is 54.0 Å². The van der Waals surface area contributed by atoms with E-state index in [2.05, 4.69) is 21.9 Å². The Hall–Kier alpha value is -1.35. The summed E-state index contributed by atoms with van der Waals surface area (Å²) in [5, 5.41) is 6.71. The molecule has 0 aliphatic heterocycles. The van der Waals surface area contributed by atoms with E-state index in [9.17, 15) is 0 Å². The van der Waals surface area contributed by atoms with Crippen LogP contribution in [-0.4, -0.2) is 38.2 Å². The van der Waals surface area contributed by atoms with Gasteiger partial charge < -0.3 is 19.8 Å². The van der Waals surface area contributed by atoms with Crippen molar-refractivity contribution in [2.24, 2.45) is 4.99 Å². The molecule has 0 spiro atoms. The van der Waals surface area contributed by atoms with Crippen molar-refractivity contribution in [1.82, 2.24) is 10.6 Å². The smallest absolute Gasteiger partial charge is 0.191 e. The molecule has 0 saturated carbocycles. The summed E-state index contributed by atoms with van der Waals surface area (Å²) in [5.41, 5.74) is 1.15. The molecule has 2 N–H and O–H groups in total. The van der Waals surface area contributed by atoms with Gasteiger partial charge in [0.15, 0.2) is 5.96 Å². The predicted octanol–water partition coefficient (Wildman–Crippen LogP) is 3.55. The average molecular weight is 475 g/mol.